The number of hydrogen-bond acceptors (Lipinski definition) is 4. The van der Waals surface area contributed by atoms with E-state index in [1.807, 2.05) is 13.0 Å². The Bertz CT molecular complexity index is 302. The summed E-state index contributed by atoms with van der Waals surface area (Å²) in [6, 6.07) is 1.87. The van der Waals surface area contributed by atoms with E-state index in [2.05, 4.69) is 29.1 Å². The van der Waals surface area contributed by atoms with E-state index >= 15 is 0 Å². The maximum Gasteiger partial charge on any atom is 0.133 e. The van der Waals surface area contributed by atoms with Gasteiger partial charge in [0.25, 0.3) is 0 Å². The molecule has 0 radical (unpaired) electrons. The first-order valence-electron chi connectivity index (χ1n) is 5.23. The standard InChI is InChI=1S/C11H19N3O/c1-8(2)11-12-6-5-10(14-11)13-7-9(3)15-4/h5-6,8-9H,7H2,1-4H3,(H,12,13,14). The minimum Gasteiger partial charge on any atom is -0.380 e. The van der Waals surface area contributed by atoms with Gasteiger partial charge in [0.2, 0.25) is 0 Å². The van der Waals surface area contributed by atoms with Gasteiger partial charge in [0.15, 0.2) is 0 Å². The van der Waals surface area contributed by atoms with Crippen LogP contribution in [0.4, 0.5) is 5.82 Å². The van der Waals surface area contributed by atoms with Crippen molar-refractivity contribution in [2.24, 2.45) is 0 Å². The van der Waals surface area contributed by atoms with E-state index < -0.39 is 0 Å². The van der Waals surface area contributed by atoms with Crippen molar-refractivity contribution in [3.05, 3.63) is 18.1 Å². The lowest BCUT2D eigenvalue weighted by Crippen LogP contribution is -2.19. The van der Waals surface area contributed by atoms with Gasteiger partial charge in [-0.15, -0.1) is 0 Å². The van der Waals surface area contributed by atoms with Gasteiger partial charge in [-0.2, -0.15) is 0 Å². The number of rotatable bonds is 5. The second-order valence-corrected chi connectivity index (χ2v) is 3.88. The molecule has 0 aromatic carbocycles. The minimum atomic E-state index is 0.183. The minimum absolute atomic E-state index is 0.183. The highest BCUT2D eigenvalue weighted by atomic mass is 16.5. The summed E-state index contributed by atoms with van der Waals surface area (Å²) < 4.78 is 5.14. The fraction of sp³-hybridized carbons (Fsp3) is 0.636. The first-order chi connectivity index (χ1) is 7.13. The van der Waals surface area contributed by atoms with E-state index in [9.17, 15) is 0 Å². The summed E-state index contributed by atoms with van der Waals surface area (Å²) >= 11 is 0. The van der Waals surface area contributed by atoms with E-state index in [1.54, 1.807) is 13.3 Å². The average Bonchev–Trinajstić information content (AvgIpc) is 2.26. The molecule has 0 aliphatic rings. The highest BCUT2D eigenvalue weighted by Gasteiger charge is 2.04. The quantitative estimate of drug-likeness (QED) is 0.806. The predicted octanol–water partition coefficient (Wildman–Crippen LogP) is 2.05. The first-order valence-corrected chi connectivity index (χ1v) is 5.23. The van der Waals surface area contributed by atoms with Crippen LogP contribution in [0.3, 0.4) is 0 Å². The third-order valence-electron chi connectivity index (χ3n) is 2.16. The Morgan fingerprint density at radius 1 is 1.40 bits per heavy atom. The zero-order chi connectivity index (χ0) is 11.3. The third kappa shape index (κ3) is 3.83. The Morgan fingerprint density at radius 3 is 2.73 bits per heavy atom. The molecule has 0 saturated heterocycles. The van der Waals surface area contributed by atoms with E-state index in [-0.39, 0.29) is 6.10 Å². The molecule has 1 aromatic heterocycles. The van der Waals surface area contributed by atoms with Crippen LogP contribution in [-0.4, -0.2) is 29.7 Å². The molecule has 1 rings (SSSR count). The highest BCUT2D eigenvalue weighted by Crippen LogP contribution is 2.10. The third-order valence-corrected chi connectivity index (χ3v) is 2.16. The molecule has 0 aliphatic carbocycles. The fourth-order valence-corrected chi connectivity index (χ4v) is 1.08. The predicted molar refractivity (Wildman–Crippen MR) is 61.1 cm³/mol. The maximum atomic E-state index is 5.14. The summed E-state index contributed by atoms with van der Waals surface area (Å²) in [6.45, 7) is 6.93. The second kappa shape index (κ2) is 5.66. The van der Waals surface area contributed by atoms with E-state index in [0.29, 0.717) is 5.92 Å². The van der Waals surface area contributed by atoms with Gasteiger partial charge >= 0.3 is 0 Å². The van der Waals surface area contributed by atoms with Crippen LogP contribution >= 0.6 is 0 Å². The molecule has 0 aliphatic heterocycles. The number of nitrogens with zero attached hydrogens (tertiary/aromatic N) is 2. The van der Waals surface area contributed by atoms with Crippen molar-refractivity contribution in [1.82, 2.24) is 9.97 Å². The summed E-state index contributed by atoms with van der Waals surface area (Å²) in [5, 5.41) is 3.21. The summed E-state index contributed by atoms with van der Waals surface area (Å²) in [6.07, 6.45) is 1.96. The normalized spacial score (nSPS) is 12.9. The molecule has 1 N–H and O–H groups in total. The summed E-state index contributed by atoms with van der Waals surface area (Å²) in [5.41, 5.74) is 0. The van der Waals surface area contributed by atoms with Crippen molar-refractivity contribution in [2.45, 2.75) is 32.8 Å². The summed E-state index contributed by atoms with van der Waals surface area (Å²) in [4.78, 5) is 8.60. The SMILES string of the molecule is COC(C)CNc1ccnc(C(C)C)n1. The van der Waals surface area contributed by atoms with Gasteiger partial charge < -0.3 is 10.1 Å². The molecule has 1 atom stereocenters. The Kier molecular flexibility index (Phi) is 4.49. The lowest BCUT2D eigenvalue weighted by Gasteiger charge is -2.12. The van der Waals surface area contributed by atoms with Crippen LogP contribution in [0.15, 0.2) is 12.3 Å². The molecule has 0 spiro atoms. The maximum absolute atomic E-state index is 5.14. The molecule has 0 saturated carbocycles. The van der Waals surface area contributed by atoms with Gasteiger partial charge in [-0.3, -0.25) is 0 Å². The van der Waals surface area contributed by atoms with Crippen molar-refractivity contribution >= 4 is 5.82 Å². The molecule has 0 amide bonds. The number of ether oxygens (including phenoxy) is 1. The van der Waals surface area contributed by atoms with Crippen LogP contribution in [0.2, 0.25) is 0 Å². The van der Waals surface area contributed by atoms with Crippen LogP contribution in [0.5, 0.6) is 0 Å². The molecular formula is C11H19N3O. The van der Waals surface area contributed by atoms with Crippen molar-refractivity contribution in [1.29, 1.82) is 0 Å². The van der Waals surface area contributed by atoms with E-state index in [0.717, 1.165) is 18.2 Å². The van der Waals surface area contributed by atoms with Crippen molar-refractivity contribution in [2.75, 3.05) is 19.0 Å². The lowest BCUT2D eigenvalue weighted by molar-refractivity contribution is 0.128. The van der Waals surface area contributed by atoms with Crippen LogP contribution in [0.1, 0.15) is 32.5 Å². The van der Waals surface area contributed by atoms with Gasteiger partial charge in [-0.25, -0.2) is 9.97 Å². The lowest BCUT2D eigenvalue weighted by atomic mass is 10.2. The molecule has 84 valence electrons. The molecule has 15 heavy (non-hydrogen) atoms. The summed E-state index contributed by atoms with van der Waals surface area (Å²) in [7, 11) is 1.70. The van der Waals surface area contributed by atoms with Crippen molar-refractivity contribution in [3.63, 3.8) is 0 Å². The number of methoxy groups -OCH3 is 1. The van der Waals surface area contributed by atoms with Gasteiger partial charge in [-0.05, 0) is 13.0 Å². The van der Waals surface area contributed by atoms with Gasteiger partial charge in [-0.1, -0.05) is 13.8 Å². The molecule has 0 bridgehead atoms. The zero-order valence-corrected chi connectivity index (χ0v) is 9.82. The van der Waals surface area contributed by atoms with Crippen molar-refractivity contribution < 1.29 is 4.74 Å². The molecule has 4 heteroatoms. The number of aromatic nitrogens is 2. The van der Waals surface area contributed by atoms with E-state index in [1.165, 1.54) is 0 Å². The second-order valence-electron chi connectivity index (χ2n) is 3.88. The first kappa shape index (κ1) is 11.9. The van der Waals surface area contributed by atoms with E-state index in [4.69, 9.17) is 4.74 Å². The number of hydrogen-bond donors (Lipinski definition) is 1. The van der Waals surface area contributed by atoms with Gasteiger partial charge in [0.05, 0.1) is 6.10 Å². The summed E-state index contributed by atoms with van der Waals surface area (Å²) in [5.74, 6) is 2.08. The Hall–Kier alpha value is -1.16. The number of nitrogens with one attached hydrogen (secondary N) is 1. The molecular weight excluding hydrogens is 190 g/mol. The van der Waals surface area contributed by atoms with Crippen LogP contribution < -0.4 is 5.32 Å². The molecule has 1 aromatic rings. The van der Waals surface area contributed by atoms with Crippen LogP contribution in [-0.2, 0) is 4.74 Å². The molecule has 1 heterocycles. The smallest absolute Gasteiger partial charge is 0.133 e. The number of anilines is 1. The monoisotopic (exact) mass is 209 g/mol. The fourth-order valence-electron chi connectivity index (χ4n) is 1.08. The van der Waals surface area contributed by atoms with Crippen molar-refractivity contribution in [3.8, 4) is 0 Å². The molecule has 1 unspecified atom stereocenters. The van der Waals surface area contributed by atoms with Gasteiger partial charge in [0.1, 0.15) is 11.6 Å². The average molecular weight is 209 g/mol. The Balaban J connectivity index is 2.58. The van der Waals surface area contributed by atoms with Crippen LogP contribution in [0, 0.1) is 0 Å². The Morgan fingerprint density at radius 2 is 2.13 bits per heavy atom. The molecule has 4 nitrogen and oxygen atoms in total. The zero-order valence-electron chi connectivity index (χ0n) is 9.82. The van der Waals surface area contributed by atoms with Crippen LogP contribution in [0.25, 0.3) is 0 Å². The van der Waals surface area contributed by atoms with Gasteiger partial charge in [0, 0.05) is 25.8 Å². The molecule has 0 fully saturated rings. The topological polar surface area (TPSA) is 47.0 Å². The Labute approximate surface area is 91.1 Å². The highest BCUT2D eigenvalue weighted by molar-refractivity contribution is 5.33. The largest absolute Gasteiger partial charge is 0.380 e.